The van der Waals surface area contributed by atoms with Gasteiger partial charge in [0.2, 0.25) is 11.7 Å². The third kappa shape index (κ3) is 3.18. The highest BCUT2D eigenvalue weighted by Gasteiger charge is 2.17. The minimum atomic E-state index is -0.0447. The van der Waals surface area contributed by atoms with Crippen LogP contribution in [0.25, 0.3) is 11.3 Å². The highest BCUT2D eigenvalue weighted by atomic mass is 16.6. The Hall–Kier alpha value is -2.17. The summed E-state index contributed by atoms with van der Waals surface area (Å²) in [5.41, 5.74) is 4.35. The average Bonchev–Trinajstić information content (AvgIpc) is 3.00. The minimum absolute atomic E-state index is 0.0447. The van der Waals surface area contributed by atoms with Gasteiger partial charge in [-0.3, -0.25) is 4.79 Å². The van der Waals surface area contributed by atoms with Crippen molar-refractivity contribution in [3.05, 3.63) is 29.3 Å². The summed E-state index contributed by atoms with van der Waals surface area (Å²) in [5, 5.41) is 10.6. The number of benzene rings is 1. The maximum absolute atomic E-state index is 11.9. The molecule has 1 aromatic heterocycles. The van der Waals surface area contributed by atoms with Crippen LogP contribution in [-0.2, 0) is 17.6 Å². The average molecular weight is 299 g/mol. The van der Waals surface area contributed by atoms with E-state index in [1.165, 1.54) is 24.0 Å². The third-order valence-corrected chi connectivity index (χ3v) is 4.13. The molecule has 0 spiro atoms. The number of fused-ring (bicyclic) bond motifs is 1. The number of hydrogen-bond donors (Lipinski definition) is 1. The Kier molecular flexibility index (Phi) is 4.51. The summed E-state index contributed by atoms with van der Waals surface area (Å²) in [6.45, 7) is 2.06. The number of nitrogens with one attached hydrogen (secondary N) is 1. The van der Waals surface area contributed by atoms with E-state index in [9.17, 15) is 4.79 Å². The quantitative estimate of drug-likeness (QED) is 0.913. The summed E-state index contributed by atoms with van der Waals surface area (Å²) in [6.07, 6.45) is 7.09. The molecule has 2 aromatic rings. The van der Waals surface area contributed by atoms with Crippen LogP contribution in [0.4, 0.5) is 5.82 Å². The summed E-state index contributed by atoms with van der Waals surface area (Å²) >= 11 is 0. The molecule has 0 fully saturated rings. The Morgan fingerprint density at radius 2 is 2.05 bits per heavy atom. The minimum Gasteiger partial charge on any atom is -0.306 e. The highest BCUT2D eigenvalue weighted by Crippen LogP contribution is 2.29. The first-order chi connectivity index (χ1) is 10.8. The number of aromatic nitrogens is 2. The fraction of sp³-hybridized carbons (Fsp3) is 0.471. The molecule has 1 aliphatic rings. The van der Waals surface area contributed by atoms with Crippen LogP contribution in [0.5, 0.6) is 0 Å². The van der Waals surface area contributed by atoms with Crippen molar-refractivity contribution in [2.75, 3.05) is 5.32 Å². The van der Waals surface area contributed by atoms with Gasteiger partial charge in [0.15, 0.2) is 5.69 Å². The largest absolute Gasteiger partial charge is 0.306 e. The zero-order valence-corrected chi connectivity index (χ0v) is 12.9. The van der Waals surface area contributed by atoms with Crippen molar-refractivity contribution in [2.45, 2.75) is 51.9 Å². The second-order valence-corrected chi connectivity index (χ2v) is 5.80. The molecular weight excluding hydrogens is 278 g/mol. The molecule has 22 heavy (non-hydrogen) atoms. The van der Waals surface area contributed by atoms with Gasteiger partial charge in [-0.25, -0.2) is 4.63 Å². The van der Waals surface area contributed by atoms with E-state index in [0.717, 1.165) is 31.2 Å². The van der Waals surface area contributed by atoms with Gasteiger partial charge >= 0.3 is 0 Å². The number of hydrogen-bond acceptors (Lipinski definition) is 4. The molecule has 1 amide bonds. The molecule has 0 saturated carbocycles. The first kappa shape index (κ1) is 14.8. The normalized spacial score (nSPS) is 13.7. The Labute approximate surface area is 130 Å². The van der Waals surface area contributed by atoms with Crippen LogP contribution in [0.2, 0.25) is 0 Å². The zero-order chi connectivity index (χ0) is 15.4. The molecule has 0 bridgehead atoms. The van der Waals surface area contributed by atoms with Crippen LogP contribution in [0.1, 0.15) is 50.2 Å². The molecular formula is C17H21N3O2. The van der Waals surface area contributed by atoms with Crippen molar-refractivity contribution in [1.29, 1.82) is 0 Å². The van der Waals surface area contributed by atoms with Gasteiger partial charge in [-0.1, -0.05) is 25.5 Å². The van der Waals surface area contributed by atoms with Crippen LogP contribution in [-0.4, -0.2) is 16.2 Å². The van der Waals surface area contributed by atoms with Gasteiger partial charge in [0, 0.05) is 12.0 Å². The molecule has 0 aliphatic heterocycles. The standard InChI is InChI=1S/C17H21N3O2/c1-2-3-8-15(21)18-17-16(19-22-20-17)14-10-9-12-6-4-5-7-13(12)11-14/h9-11H,2-8H2,1H3,(H,18,20,21). The first-order valence-corrected chi connectivity index (χ1v) is 8.02. The summed E-state index contributed by atoms with van der Waals surface area (Å²) in [6, 6.07) is 6.34. The lowest BCUT2D eigenvalue weighted by Gasteiger charge is -2.16. The van der Waals surface area contributed by atoms with Gasteiger partial charge in [-0.15, -0.1) is 0 Å². The second-order valence-electron chi connectivity index (χ2n) is 5.80. The number of rotatable bonds is 5. The Morgan fingerprint density at radius 1 is 1.23 bits per heavy atom. The number of carbonyl (C=O) groups is 1. The predicted octanol–water partition coefficient (Wildman–Crippen LogP) is 3.74. The Morgan fingerprint density at radius 3 is 2.86 bits per heavy atom. The molecule has 5 heteroatoms. The van der Waals surface area contributed by atoms with Crippen molar-refractivity contribution in [1.82, 2.24) is 10.3 Å². The van der Waals surface area contributed by atoms with Crippen molar-refractivity contribution < 1.29 is 9.42 Å². The van der Waals surface area contributed by atoms with Crippen molar-refractivity contribution in [3.8, 4) is 11.3 Å². The molecule has 0 radical (unpaired) electrons. The Bertz CT molecular complexity index is 664. The second kappa shape index (κ2) is 6.73. The van der Waals surface area contributed by atoms with Crippen LogP contribution < -0.4 is 5.32 Å². The van der Waals surface area contributed by atoms with E-state index in [1.807, 2.05) is 6.07 Å². The molecule has 1 heterocycles. The van der Waals surface area contributed by atoms with Crippen molar-refractivity contribution >= 4 is 11.7 Å². The van der Waals surface area contributed by atoms with E-state index < -0.39 is 0 Å². The van der Waals surface area contributed by atoms with E-state index in [1.54, 1.807) is 0 Å². The topological polar surface area (TPSA) is 68.0 Å². The molecule has 5 nitrogen and oxygen atoms in total. The number of aryl methyl sites for hydroxylation is 2. The van der Waals surface area contributed by atoms with Gasteiger partial charge in [0.25, 0.3) is 0 Å². The molecule has 0 unspecified atom stereocenters. The number of carbonyl (C=O) groups excluding carboxylic acids is 1. The lowest BCUT2D eigenvalue weighted by atomic mass is 9.90. The van der Waals surface area contributed by atoms with E-state index in [-0.39, 0.29) is 5.91 Å². The van der Waals surface area contributed by atoms with Crippen molar-refractivity contribution in [3.63, 3.8) is 0 Å². The van der Waals surface area contributed by atoms with Crippen LogP contribution in [0.3, 0.4) is 0 Å². The summed E-state index contributed by atoms with van der Waals surface area (Å²) < 4.78 is 4.83. The molecule has 1 aliphatic carbocycles. The molecule has 0 atom stereocenters. The van der Waals surface area contributed by atoms with Gasteiger partial charge in [-0.2, -0.15) is 0 Å². The Balaban J connectivity index is 1.81. The van der Waals surface area contributed by atoms with Gasteiger partial charge < -0.3 is 5.32 Å². The van der Waals surface area contributed by atoms with Crippen LogP contribution in [0, 0.1) is 0 Å². The maximum Gasteiger partial charge on any atom is 0.225 e. The lowest BCUT2D eigenvalue weighted by molar-refractivity contribution is -0.116. The monoisotopic (exact) mass is 299 g/mol. The van der Waals surface area contributed by atoms with Crippen LogP contribution >= 0.6 is 0 Å². The fourth-order valence-corrected chi connectivity index (χ4v) is 2.87. The van der Waals surface area contributed by atoms with Crippen LogP contribution in [0.15, 0.2) is 22.8 Å². The maximum atomic E-state index is 11.9. The molecule has 1 aromatic carbocycles. The predicted molar refractivity (Wildman–Crippen MR) is 84.5 cm³/mol. The SMILES string of the molecule is CCCCC(=O)Nc1nonc1-c1ccc2c(c1)CCCC2. The molecule has 0 saturated heterocycles. The highest BCUT2D eigenvalue weighted by molar-refractivity contribution is 5.93. The van der Waals surface area contributed by atoms with Gasteiger partial charge in [0.05, 0.1) is 0 Å². The summed E-state index contributed by atoms with van der Waals surface area (Å²) in [7, 11) is 0. The molecule has 1 N–H and O–H groups in total. The zero-order valence-electron chi connectivity index (χ0n) is 12.9. The van der Waals surface area contributed by atoms with Crippen molar-refractivity contribution in [2.24, 2.45) is 0 Å². The number of amides is 1. The number of nitrogens with zero attached hydrogens (tertiary/aromatic N) is 2. The third-order valence-electron chi connectivity index (χ3n) is 4.13. The summed E-state index contributed by atoms with van der Waals surface area (Å²) in [5.74, 6) is 0.369. The van der Waals surface area contributed by atoms with E-state index >= 15 is 0 Å². The fourth-order valence-electron chi connectivity index (χ4n) is 2.87. The first-order valence-electron chi connectivity index (χ1n) is 8.02. The van der Waals surface area contributed by atoms with E-state index in [0.29, 0.717) is 17.9 Å². The van der Waals surface area contributed by atoms with E-state index in [2.05, 4.69) is 34.7 Å². The van der Waals surface area contributed by atoms with Gasteiger partial charge in [-0.05, 0) is 59.6 Å². The summed E-state index contributed by atoms with van der Waals surface area (Å²) in [4.78, 5) is 11.9. The van der Waals surface area contributed by atoms with Gasteiger partial charge in [0.1, 0.15) is 0 Å². The number of anilines is 1. The van der Waals surface area contributed by atoms with E-state index in [4.69, 9.17) is 4.63 Å². The number of unbranched alkanes of at least 4 members (excludes halogenated alkanes) is 1. The molecule has 116 valence electrons. The molecule has 3 rings (SSSR count). The smallest absolute Gasteiger partial charge is 0.225 e. The lowest BCUT2D eigenvalue weighted by Crippen LogP contribution is -2.12.